The Morgan fingerprint density at radius 3 is 2.33 bits per heavy atom. The number of benzene rings is 1. The number of halogens is 1. The molecule has 0 amide bonds. The molecule has 0 atom stereocenters. The smallest absolute Gasteiger partial charge is 0.123 e. The van der Waals surface area contributed by atoms with Crippen molar-refractivity contribution in [3.63, 3.8) is 0 Å². The summed E-state index contributed by atoms with van der Waals surface area (Å²) in [4.78, 5) is 0. The van der Waals surface area contributed by atoms with Crippen LogP contribution in [0.3, 0.4) is 0 Å². The minimum absolute atomic E-state index is 0.179. The number of hydrogen-bond acceptors (Lipinski definition) is 1. The Bertz CT molecular complexity index is 327. The van der Waals surface area contributed by atoms with Crippen LogP contribution in [-0.2, 0) is 5.54 Å². The van der Waals surface area contributed by atoms with Crippen LogP contribution >= 0.6 is 0 Å². The van der Waals surface area contributed by atoms with E-state index in [1.807, 2.05) is 6.07 Å². The highest BCUT2D eigenvalue weighted by molar-refractivity contribution is 5.25. The van der Waals surface area contributed by atoms with Gasteiger partial charge in [0.25, 0.3) is 0 Å². The van der Waals surface area contributed by atoms with Crippen LogP contribution in [0.5, 0.6) is 0 Å². The van der Waals surface area contributed by atoms with Crippen LogP contribution in [0.25, 0.3) is 0 Å². The Kier molecular flexibility index (Phi) is 3.06. The first-order valence-electron chi connectivity index (χ1n) is 5.76. The normalized spacial score (nSPS) is 20.9. The van der Waals surface area contributed by atoms with Crippen molar-refractivity contribution in [3.8, 4) is 0 Å². The largest absolute Gasteiger partial charge is 0.321 e. The standard InChI is InChI=1S/C13H18FN/c14-12-7-5-6-11(10-12)13(15)8-3-1-2-4-9-13/h5-7,10H,1-4,8-9,15H2. The Balaban J connectivity index is 2.26. The van der Waals surface area contributed by atoms with Gasteiger partial charge in [-0.3, -0.25) is 0 Å². The van der Waals surface area contributed by atoms with Crippen LogP contribution in [0.1, 0.15) is 44.1 Å². The lowest BCUT2D eigenvalue weighted by molar-refractivity contribution is 0.383. The van der Waals surface area contributed by atoms with Crippen molar-refractivity contribution in [2.24, 2.45) is 5.73 Å². The molecule has 2 N–H and O–H groups in total. The molecule has 1 aliphatic rings. The van der Waals surface area contributed by atoms with E-state index in [4.69, 9.17) is 5.73 Å². The van der Waals surface area contributed by atoms with Crippen molar-refractivity contribution in [3.05, 3.63) is 35.6 Å². The third kappa shape index (κ3) is 2.37. The van der Waals surface area contributed by atoms with Gasteiger partial charge in [-0.1, -0.05) is 37.8 Å². The molecule has 0 spiro atoms. The minimum atomic E-state index is -0.293. The zero-order valence-corrected chi connectivity index (χ0v) is 9.01. The summed E-state index contributed by atoms with van der Waals surface area (Å²) in [7, 11) is 0. The Hall–Kier alpha value is -0.890. The lowest BCUT2D eigenvalue weighted by atomic mass is 9.84. The van der Waals surface area contributed by atoms with Gasteiger partial charge in [0.1, 0.15) is 5.82 Å². The predicted octanol–water partition coefficient (Wildman–Crippen LogP) is 3.33. The van der Waals surface area contributed by atoms with Gasteiger partial charge in [0.05, 0.1) is 0 Å². The van der Waals surface area contributed by atoms with Crippen molar-refractivity contribution in [2.75, 3.05) is 0 Å². The first kappa shape index (κ1) is 10.6. The summed E-state index contributed by atoms with van der Waals surface area (Å²) < 4.78 is 13.1. The molecule has 82 valence electrons. The summed E-state index contributed by atoms with van der Waals surface area (Å²) in [6.45, 7) is 0. The van der Waals surface area contributed by atoms with Crippen molar-refractivity contribution >= 4 is 0 Å². The quantitative estimate of drug-likeness (QED) is 0.702. The van der Waals surface area contributed by atoms with Gasteiger partial charge in [-0.15, -0.1) is 0 Å². The van der Waals surface area contributed by atoms with Gasteiger partial charge in [-0.2, -0.15) is 0 Å². The summed E-state index contributed by atoms with van der Waals surface area (Å²) in [5.41, 5.74) is 7.05. The minimum Gasteiger partial charge on any atom is -0.321 e. The van der Waals surface area contributed by atoms with Crippen LogP contribution < -0.4 is 5.73 Å². The molecule has 1 aromatic carbocycles. The average molecular weight is 207 g/mol. The van der Waals surface area contributed by atoms with E-state index in [0.717, 1.165) is 31.2 Å². The molecule has 0 bridgehead atoms. The van der Waals surface area contributed by atoms with E-state index < -0.39 is 0 Å². The predicted molar refractivity (Wildman–Crippen MR) is 60.0 cm³/mol. The molecule has 0 unspecified atom stereocenters. The summed E-state index contributed by atoms with van der Waals surface area (Å²) >= 11 is 0. The van der Waals surface area contributed by atoms with Crippen LogP contribution in [0.15, 0.2) is 24.3 Å². The van der Waals surface area contributed by atoms with Crippen molar-refractivity contribution in [1.29, 1.82) is 0 Å². The third-order valence-corrected chi connectivity index (χ3v) is 3.40. The van der Waals surface area contributed by atoms with E-state index in [0.29, 0.717) is 0 Å². The van der Waals surface area contributed by atoms with Gasteiger partial charge in [-0.25, -0.2) is 4.39 Å². The first-order valence-corrected chi connectivity index (χ1v) is 5.76. The molecule has 1 fully saturated rings. The van der Waals surface area contributed by atoms with Crippen LogP contribution in [0.2, 0.25) is 0 Å². The zero-order chi connectivity index (χ0) is 10.7. The van der Waals surface area contributed by atoms with Crippen LogP contribution in [0.4, 0.5) is 4.39 Å². The Morgan fingerprint density at radius 1 is 1.07 bits per heavy atom. The first-order chi connectivity index (χ1) is 7.21. The number of nitrogens with two attached hydrogens (primary N) is 1. The topological polar surface area (TPSA) is 26.0 Å². The summed E-state index contributed by atoms with van der Waals surface area (Å²) in [6.07, 6.45) is 6.80. The summed E-state index contributed by atoms with van der Waals surface area (Å²) in [6, 6.07) is 6.77. The second-order valence-electron chi connectivity index (χ2n) is 4.58. The molecular weight excluding hydrogens is 189 g/mol. The van der Waals surface area contributed by atoms with E-state index in [-0.39, 0.29) is 11.4 Å². The number of rotatable bonds is 1. The maximum Gasteiger partial charge on any atom is 0.123 e. The average Bonchev–Trinajstić information content (AvgIpc) is 2.44. The fraction of sp³-hybridized carbons (Fsp3) is 0.538. The van der Waals surface area contributed by atoms with Crippen LogP contribution in [-0.4, -0.2) is 0 Å². The monoisotopic (exact) mass is 207 g/mol. The SMILES string of the molecule is NC1(c2cccc(F)c2)CCCCCC1. The molecule has 15 heavy (non-hydrogen) atoms. The van der Waals surface area contributed by atoms with E-state index in [1.54, 1.807) is 12.1 Å². The molecule has 0 aliphatic heterocycles. The third-order valence-electron chi connectivity index (χ3n) is 3.40. The molecule has 2 rings (SSSR count). The van der Waals surface area contributed by atoms with Crippen molar-refractivity contribution in [2.45, 2.75) is 44.1 Å². The second kappa shape index (κ2) is 4.31. The molecule has 0 saturated heterocycles. The molecule has 0 heterocycles. The van der Waals surface area contributed by atoms with Gasteiger partial charge in [-0.05, 0) is 30.5 Å². The lowest BCUT2D eigenvalue weighted by Gasteiger charge is -2.28. The maximum atomic E-state index is 13.1. The molecule has 1 aliphatic carbocycles. The highest BCUT2D eigenvalue weighted by Crippen LogP contribution is 2.33. The fourth-order valence-electron chi connectivity index (χ4n) is 2.45. The maximum absolute atomic E-state index is 13.1. The van der Waals surface area contributed by atoms with Gasteiger partial charge in [0, 0.05) is 5.54 Å². The lowest BCUT2D eigenvalue weighted by Crippen LogP contribution is -2.36. The van der Waals surface area contributed by atoms with Crippen LogP contribution in [0, 0.1) is 5.82 Å². The molecule has 0 radical (unpaired) electrons. The number of hydrogen-bond donors (Lipinski definition) is 1. The second-order valence-corrected chi connectivity index (χ2v) is 4.58. The molecule has 1 saturated carbocycles. The Labute approximate surface area is 90.5 Å². The molecule has 1 aromatic rings. The van der Waals surface area contributed by atoms with E-state index >= 15 is 0 Å². The van der Waals surface area contributed by atoms with Gasteiger partial charge < -0.3 is 5.73 Å². The molecule has 1 nitrogen and oxygen atoms in total. The van der Waals surface area contributed by atoms with E-state index in [2.05, 4.69) is 0 Å². The van der Waals surface area contributed by atoms with Gasteiger partial charge >= 0.3 is 0 Å². The fourth-order valence-corrected chi connectivity index (χ4v) is 2.45. The van der Waals surface area contributed by atoms with E-state index in [9.17, 15) is 4.39 Å². The highest BCUT2D eigenvalue weighted by Gasteiger charge is 2.28. The summed E-state index contributed by atoms with van der Waals surface area (Å²) in [5.74, 6) is -0.179. The van der Waals surface area contributed by atoms with Crippen molar-refractivity contribution in [1.82, 2.24) is 0 Å². The summed E-state index contributed by atoms with van der Waals surface area (Å²) in [5, 5.41) is 0. The van der Waals surface area contributed by atoms with Gasteiger partial charge in [0.2, 0.25) is 0 Å². The van der Waals surface area contributed by atoms with Crippen molar-refractivity contribution < 1.29 is 4.39 Å². The molecule has 2 heteroatoms. The molecule has 0 aromatic heterocycles. The zero-order valence-electron chi connectivity index (χ0n) is 9.01. The van der Waals surface area contributed by atoms with E-state index in [1.165, 1.54) is 18.9 Å². The Morgan fingerprint density at radius 2 is 1.73 bits per heavy atom. The van der Waals surface area contributed by atoms with Gasteiger partial charge in [0.15, 0.2) is 0 Å². The molecular formula is C13H18FN. The highest BCUT2D eigenvalue weighted by atomic mass is 19.1.